The highest BCUT2D eigenvalue weighted by molar-refractivity contribution is 7.20. The van der Waals surface area contributed by atoms with Crippen LogP contribution in [-0.4, -0.2) is 41.0 Å². The van der Waals surface area contributed by atoms with Crippen LogP contribution < -0.4 is 19.5 Å². The monoisotopic (exact) mass is 480 g/mol. The maximum atomic E-state index is 13.1. The number of carbonyl (C=O) groups is 1. The first-order valence-corrected chi connectivity index (χ1v) is 12.1. The number of methoxy groups -OCH3 is 1. The van der Waals surface area contributed by atoms with Crippen molar-refractivity contribution in [3.8, 4) is 22.4 Å². The summed E-state index contributed by atoms with van der Waals surface area (Å²) in [6.07, 6.45) is 2.00. The summed E-state index contributed by atoms with van der Waals surface area (Å²) in [5.74, 6) is 2.22. The molecular formula is C25H28N4O4S. The molecule has 178 valence electrons. The molecule has 2 heterocycles. The number of ether oxygens (including phenoxy) is 3. The molecule has 4 aromatic rings. The lowest BCUT2D eigenvalue weighted by Crippen LogP contribution is -2.15. The number of amides is 1. The second kappa shape index (κ2) is 10.6. The minimum absolute atomic E-state index is 0.273. The lowest BCUT2D eigenvalue weighted by Gasteiger charge is -2.13. The Morgan fingerprint density at radius 3 is 2.71 bits per heavy atom. The summed E-state index contributed by atoms with van der Waals surface area (Å²) in [4.78, 5) is 17.8. The van der Waals surface area contributed by atoms with Gasteiger partial charge in [0.05, 0.1) is 36.2 Å². The van der Waals surface area contributed by atoms with Gasteiger partial charge in [-0.2, -0.15) is 9.78 Å². The van der Waals surface area contributed by atoms with E-state index in [1.807, 2.05) is 38.1 Å². The summed E-state index contributed by atoms with van der Waals surface area (Å²) in [5.41, 5.74) is 2.07. The SMILES string of the molecule is CCCCOc1ccc(C(=O)Nc2cc(C)nn2-c2nc3ccc(OC)cc3s2)cc1OCC. The van der Waals surface area contributed by atoms with Gasteiger partial charge in [-0.05, 0) is 56.7 Å². The fourth-order valence-corrected chi connectivity index (χ4v) is 4.36. The topological polar surface area (TPSA) is 87.5 Å². The fraction of sp³-hybridized carbons (Fsp3) is 0.320. The number of benzene rings is 2. The number of aryl methyl sites for hydroxylation is 1. The first kappa shape index (κ1) is 23.6. The number of nitrogens with one attached hydrogen (secondary N) is 1. The highest BCUT2D eigenvalue weighted by Crippen LogP contribution is 2.31. The quantitative estimate of drug-likeness (QED) is 0.296. The van der Waals surface area contributed by atoms with Gasteiger partial charge in [-0.25, -0.2) is 4.98 Å². The maximum absolute atomic E-state index is 13.1. The molecule has 0 aliphatic carbocycles. The van der Waals surface area contributed by atoms with Crippen LogP contribution in [0.4, 0.5) is 5.82 Å². The molecule has 0 aliphatic heterocycles. The predicted octanol–water partition coefficient (Wildman–Crippen LogP) is 5.63. The molecule has 0 saturated heterocycles. The van der Waals surface area contributed by atoms with E-state index >= 15 is 0 Å². The van der Waals surface area contributed by atoms with E-state index in [1.165, 1.54) is 11.3 Å². The number of aromatic nitrogens is 3. The van der Waals surface area contributed by atoms with E-state index in [4.69, 9.17) is 14.2 Å². The summed E-state index contributed by atoms with van der Waals surface area (Å²) in [7, 11) is 1.63. The Labute approximate surface area is 202 Å². The molecule has 0 saturated carbocycles. The zero-order valence-electron chi connectivity index (χ0n) is 19.8. The Balaban J connectivity index is 1.59. The number of hydrogen-bond acceptors (Lipinski definition) is 7. The molecule has 2 aromatic heterocycles. The average molecular weight is 481 g/mol. The molecule has 0 aliphatic rings. The number of hydrogen-bond donors (Lipinski definition) is 1. The van der Waals surface area contributed by atoms with Crippen LogP contribution in [0.2, 0.25) is 0 Å². The molecule has 0 atom stereocenters. The molecule has 9 heteroatoms. The number of unbranched alkanes of at least 4 members (excludes halogenated alkanes) is 1. The summed E-state index contributed by atoms with van der Waals surface area (Å²) in [5, 5.41) is 8.16. The molecule has 0 radical (unpaired) electrons. The summed E-state index contributed by atoms with van der Waals surface area (Å²) in [6.45, 7) is 6.96. The molecule has 0 fully saturated rings. The van der Waals surface area contributed by atoms with Crippen LogP contribution in [-0.2, 0) is 0 Å². The van der Waals surface area contributed by atoms with Crippen molar-refractivity contribution in [3.05, 3.63) is 53.7 Å². The van der Waals surface area contributed by atoms with Gasteiger partial charge >= 0.3 is 0 Å². The molecule has 0 bridgehead atoms. The van der Waals surface area contributed by atoms with E-state index in [2.05, 4.69) is 22.3 Å². The van der Waals surface area contributed by atoms with Crippen LogP contribution in [0.25, 0.3) is 15.3 Å². The van der Waals surface area contributed by atoms with Crippen molar-refractivity contribution in [2.75, 3.05) is 25.6 Å². The van der Waals surface area contributed by atoms with Crippen LogP contribution >= 0.6 is 11.3 Å². The number of fused-ring (bicyclic) bond motifs is 1. The van der Waals surface area contributed by atoms with Gasteiger partial charge < -0.3 is 19.5 Å². The van der Waals surface area contributed by atoms with E-state index in [1.54, 1.807) is 30.0 Å². The Bertz CT molecular complexity index is 1300. The molecule has 0 spiro atoms. The number of carbonyl (C=O) groups excluding carboxylic acids is 1. The highest BCUT2D eigenvalue weighted by atomic mass is 32.1. The Hall–Kier alpha value is -3.59. The number of anilines is 1. The van der Waals surface area contributed by atoms with Gasteiger partial charge in [-0.1, -0.05) is 24.7 Å². The Morgan fingerprint density at radius 2 is 1.94 bits per heavy atom. The molecular weight excluding hydrogens is 452 g/mol. The van der Waals surface area contributed by atoms with Crippen molar-refractivity contribution in [2.24, 2.45) is 0 Å². The van der Waals surface area contributed by atoms with Crippen LogP contribution in [0.5, 0.6) is 17.2 Å². The van der Waals surface area contributed by atoms with Gasteiger partial charge in [0.25, 0.3) is 5.91 Å². The molecule has 4 rings (SSSR count). The van der Waals surface area contributed by atoms with Crippen molar-refractivity contribution in [1.29, 1.82) is 0 Å². The third-order valence-electron chi connectivity index (χ3n) is 5.10. The van der Waals surface area contributed by atoms with E-state index in [0.29, 0.717) is 41.2 Å². The fourth-order valence-electron chi connectivity index (χ4n) is 3.40. The van der Waals surface area contributed by atoms with E-state index in [9.17, 15) is 4.79 Å². The summed E-state index contributed by atoms with van der Waals surface area (Å²) in [6, 6.07) is 12.7. The van der Waals surface area contributed by atoms with Crippen LogP contribution in [0.15, 0.2) is 42.5 Å². The van der Waals surface area contributed by atoms with Crippen molar-refractivity contribution < 1.29 is 19.0 Å². The molecule has 0 unspecified atom stereocenters. The number of thiazole rings is 1. The van der Waals surface area contributed by atoms with Gasteiger partial charge in [0, 0.05) is 11.6 Å². The molecule has 1 amide bonds. The standard InChI is InChI=1S/C25H28N4O4S/c1-5-7-12-33-20-11-8-17(14-21(20)32-6-2)24(30)27-23-13-16(3)28-29(23)25-26-19-10-9-18(31-4)15-22(19)34-25/h8-11,13-15H,5-7,12H2,1-4H3,(H,27,30). The summed E-state index contributed by atoms with van der Waals surface area (Å²) < 4.78 is 19.5. The van der Waals surface area contributed by atoms with Crippen molar-refractivity contribution in [2.45, 2.75) is 33.6 Å². The third-order valence-corrected chi connectivity index (χ3v) is 6.09. The van der Waals surface area contributed by atoms with E-state index in [0.717, 1.165) is 34.5 Å². The normalized spacial score (nSPS) is 10.9. The molecule has 8 nitrogen and oxygen atoms in total. The lowest BCUT2D eigenvalue weighted by molar-refractivity contribution is 0.102. The minimum atomic E-state index is -0.273. The Kier molecular flexibility index (Phi) is 7.32. The van der Waals surface area contributed by atoms with Crippen LogP contribution in [0.3, 0.4) is 0 Å². The molecule has 1 N–H and O–H groups in total. The first-order chi connectivity index (χ1) is 16.5. The molecule has 34 heavy (non-hydrogen) atoms. The average Bonchev–Trinajstić information content (AvgIpc) is 3.42. The van der Waals surface area contributed by atoms with Crippen molar-refractivity contribution in [1.82, 2.24) is 14.8 Å². The van der Waals surface area contributed by atoms with Crippen LogP contribution in [0.1, 0.15) is 42.7 Å². The minimum Gasteiger partial charge on any atom is -0.497 e. The van der Waals surface area contributed by atoms with Gasteiger partial charge in [-0.15, -0.1) is 0 Å². The van der Waals surface area contributed by atoms with E-state index < -0.39 is 0 Å². The van der Waals surface area contributed by atoms with Crippen molar-refractivity contribution in [3.63, 3.8) is 0 Å². The van der Waals surface area contributed by atoms with Crippen molar-refractivity contribution >= 4 is 33.3 Å². The smallest absolute Gasteiger partial charge is 0.256 e. The second-order valence-corrected chi connectivity index (χ2v) is 8.67. The second-order valence-electron chi connectivity index (χ2n) is 7.66. The van der Waals surface area contributed by atoms with E-state index in [-0.39, 0.29) is 5.91 Å². The first-order valence-electron chi connectivity index (χ1n) is 11.2. The zero-order chi connectivity index (χ0) is 24.1. The maximum Gasteiger partial charge on any atom is 0.256 e. The third kappa shape index (κ3) is 5.14. The zero-order valence-corrected chi connectivity index (χ0v) is 20.6. The van der Waals surface area contributed by atoms with Gasteiger partial charge in [0.2, 0.25) is 5.13 Å². The van der Waals surface area contributed by atoms with Crippen LogP contribution in [0, 0.1) is 6.92 Å². The summed E-state index contributed by atoms with van der Waals surface area (Å²) >= 11 is 1.47. The van der Waals surface area contributed by atoms with Gasteiger partial charge in [-0.3, -0.25) is 4.79 Å². The van der Waals surface area contributed by atoms with Gasteiger partial charge in [0.1, 0.15) is 11.6 Å². The highest BCUT2D eigenvalue weighted by Gasteiger charge is 2.17. The Morgan fingerprint density at radius 1 is 1.09 bits per heavy atom. The number of rotatable bonds is 10. The number of nitrogens with zero attached hydrogens (tertiary/aromatic N) is 3. The molecule has 2 aromatic carbocycles. The van der Waals surface area contributed by atoms with Gasteiger partial charge in [0.15, 0.2) is 11.5 Å². The predicted molar refractivity (Wildman–Crippen MR) is 134 cm³/mol. The largest absolute Gasteiger partial charge is 0.497 e. The lowest BCUT2D eigenvalue weighted by atomic mass is 10.2.